The summed E-state index contributed by atoms with van der Waals surface area (Å²) in [6, 6.07) is 13.9. The van der Waals surface area contributed by atoms with Crippen LogP contribution in [-0.2, 0) is 0 Å². The van der Waals surface area contributed by atoms with Crippen LogP contribution in [0.3, 0.4) is 0 Å². The molecule has 0 saturated heterocycles. The standard InChI is InChI=1S/C31H47NO3/c1-2-3-4-5-6-7-8-9-10-11-12-13-14-15-16-17-26-34-29-22-18-27(19-23-29)31(33)35-30-24-20-28(32)21-25-30/h18-25H,2-17,26,32H2,1H3. The van der Waals surface area contributed by atoms with E-state index in [9.17, 15) is 4.79 Å². The van der Waals surface area contributed by atoms with E-state index >= 15 is 0 Å². The van der Waals surface area contributed by atoms with Gasteiger partial charge in [0.25, 0.3) is 0 Å². The van der Waals surface area contributed by atoms with Crippen LogP contribution in [-0.4, -0.2) is 12.6 Å². The highest BCUT2D eigenvalue weighted by atomic mass is 16.5. The number of ether oxygens (including phenoxy) is 2. The fraction of sp³-hybridized carbons (Fsp3) is 0.581. The predicted octanol–water partition coefficient (Wildman–Crippen LogP) is 9.13. The Morgan fingerprint density at radius 3 is 1.51 bits per heavy atom. The number of rotatable bonds is 20. The van der Waals surface area contributed by atoms with Crippen molar-refractivity contribution >= 4 is 11.7 Å². The van der Waals surface area contributed by atoms with Gasteiger partial charge >= 0.3 is 5.97 Å². The first-order chi connectivity index (χ1) is 17.2. The second-order valence-corrected chi connectivity index (χ2v) is 9.63. The van der Waals surface area contributed by atoms with Crippen molar-refractivity contribution in [2.75, 3.05) is 12.3 Å². The van der Waals surface area contributed by atoms with Crippen LogP contribution in [0.2, 0.25) is 0 Å². The highest BCUT2D eigenvalue weighted by Gasteiger charge is 2.08. The lowest BCUT2D eigenvalue weighted by Gasteiger charge is -2.08. The molecule has 0 heterocycles. The summed E-state index contributed by atoms with van der Waals surface area (Å²) in [5.41, 5.74) is 6.78. The monoisotopic (exact) mass is 481 g/mol. The topological polar surface area (TPSA) is 61.5 Å². The molecule has 194 valence electrons. The maximum Gasteiger partial charge on any atom is 0.343 e. The second kappa shape index (κ2) is 18.8. The SMILES string of the molecule is CCCCCCCCCCCCCCCCCCOc1ccc(C(=O)Oc2ccc(N)cc2)cc1. The minimum Gasteiger partial charge on any atom is -0.494 e. The molecule has 0 atom stereocenters. The first-order valence-electron chi connectivity index (χ1n) is 14.0. The molecule has 4 heteroatoms. The van der Waals surface area contributed by atoms with Gasteiger partial charge in [0, 0.05) is 5.69 Å². The third-order valence-electron chi connectivity index (χ3n) is 6.45. The number of benzene rings is 2. The van der Waals surface area contributed by atoms with Gasteiger partial charge in [0.05, 0.1) is 12.2 Å². The van der Waals surface area contributed by atoms with E-state index in [0.29, 0.717) is 23.6 Å². The van der Waals surface area contributed by atoms with Crippen LogP contribution >= 0.6 is 0 Å². The van der Waals surface area contributed by atoms with E-state index in [1.165, 1.54) is 96.3 Å². The molecule has 0 aromatic heterocycles. The summed E-state index contributed by atoms with van der Waals surface area (Å²) in [6.07, 6.45) is 21.8. The summed E-state index contributed by atoms with van der Waals surface area (Å²) in [5, 5.41) is 0. The first-order valence-corrected chi connectivity index (χ1v) is 14.0. The fourth-order valence-corrected chi connectivity index (χ4v) is 4.23. The molecule has 0 radical (unpaired) electrons. The lowest BCUT2D eigenvalue weighted by Crippen LogP contribution is -2.08. The van der Waals surface area contributed by atoms with Crippen molar-refractivity contribution in [2.24, 2.45) is 0 Å². The van der Waals surface area contributed by atoms with Crippen LogP contribution in [0.15, 0.2) is 48.5 Å². The van der Waals surface area contributed by atoms with E-state index < -0.39 is 0 Å². The van der Waals surface area contributed by atoms with Crippen LogP contribution in [0.4, 0.5) is 5.69 Å². The minimum atomic E-state index is -0.390. The Morgan fingerprint density at radius 2 is 1.03 bits per heavy atom. The Hall–Kier alpha value is -2.49. The van der Waals surface area contributed by atoms with Crippen molar-refractivity contribution in [2.45, 2.75) is 110 Å². The highest BCUT2D eigenvalue weighted by molar-refractivity contribution is 5.91. The number of anilines is 1. The van der Waals surface area contributed by atoms with E-state index in [2.05, 4.69) is 6.92 Å². The first kappa shape index (κ1) is 28.7. The van der Waals surface area contributed by atoms with Gasteiger partial charge in [-0.3, -0.25) is 0 Å². The lowest BCUT2D eigenvalue weighted by molar-refractivity contribution is 0.0734. The largest absolute Gasteiger partial charge is 0.494 e. The summed E-state index contributed by atoms with van der Waals surface area (Å²) >= 11 is 0. The molecule has 35 heavy (non-hydrogen) atoms. The van der Waals surface area contributed by atoms with Gasteiger partial charge < -0.3 is 15.2 Å². The van der Waals surface area contributed by atoms with Gasteiger partial charge in [-0.25, -0.2) is 4.79 Å². The zero-order valence-corrected chi connectivity index (χ0v) is 21.9. The van der Waals surface area contributed by atoms with E-state index in [0.717, 1.165) is 12.2 Å². The molecule has 2 N–H and O–H groups in total. The van der Waals surface area contributed by atoms with Crippen molar-refractivity contribution in [3.63, 3.8) is 0 Å². The van der Waals surface area contributed by atoms with Crippen LogP contribution in [0.1, 0.15) is 120 Å². The number of carbonyl (C=O) groups is 1. The number of carbonyl (C=O) groups excluding carboxylic acids is 1. The van der Waals surface area contributed by atoms with Gasteiger partial charge in [-0.15, -0.1) is 0 Å². The molecule has 0 amide bonds. The average molecular weight is 482 g/mol. The Kier molecular flexibility index (Phi) is 15.4. The van der Waals surface area contributed by atoms with Crippen molar-refractivity contribution < 1.29 is 14.3 Å². The average Bonchev–Trinajstić information content (AvgIpc) is 2.87. The van der Waals surface area contributed by atoms with Crippen molar-refractivity contribution in [1.82, 2.24) is 0 Å². The fourth-order valence-electron chi connectivity index (χ4n) is 4.23. The number of esters is 1. The van der Waals surface area contributed by atoms with E-state index in [4.69, 9.17) is 15.2 Å². The van der Waals surface area contributed by atoms with Crippen LogP contribution in [0.5, 0.6) is 11.5 Å². The van der Waals surface area contributed by atoms with E-state index in [1.807, 2.05) is 12.1 Å². The van der Waals surface area contributed by atoms with Crippen molar-refractivity contribution in [3.05, 3.63) is 54.1 Å². The lowest BCUT2D eigenvalue weighted by atomic mass is 10.0. The molecule has 0 fully saturated rings. The third kappa shape index (κ3) is 13.9. The van der Waals surface area contributed by atoms with Crippen LogP contribution in [0, 0.1) is 0 Å². The summed E-state index contributed by atoms with van der Waals surface area (Å²) in [6.45, 7) is 3.00. The maximum atomic E-state index is 12.2. The molecule has 0 unspecified atom stereocenters. The summed E-state index contributed by atoms with van der Waals surface area (Å²) in [7, 11) is 0. The number of hydrogen-bond acceptors (Lipinski definition) is 4. The van der Waals surface area contributed by atoms with E-state index in [-0.39, 0.29) is 5.97 Å². The molecule has 0 aliphatic heterocycles. The molecule has 0 aliphatic carbocycles. The normalized spacial score (nSPS) is 10.9. The van der Waals surface area contributed by atoms with Gasteiger partial charge in [-0.2, -0.15) is 0 Å². The van der Waals surface area contributed by atoms with Gasteiger partial charge in [0.2, 0.25) is 0 Å². The predicted molar refractivity (Wildman–Crippen MR) is 147 cm³/mol. The number of unbranched alkanes of at least 4 members (excludes halogenated alkanes) is 15. The molecule has 0 bridgehead atoms. The molecule has 2 rings (SSSR count). The van der Waals surface area contributed by atoms with Crippen LogP contribution in [0.25, 0.3) is 0 Å². The molecule has 2 aromatic carbocycles. The zero-order chi connectivity index (χ0) is 25.0. The van der Waals surface area contributed by atoms with Gasteiger partial charge in [-0.1, -0.05) is 103 Å². The molecule has 0 spiro atoms. The molecular formula is C31H47NO3. The van der Waals surface area contributed by atoms with E-state index in [1.54, 1.807) is 36.4 Å². The molecule has 4 nitrogen and oxygen atoms in total. The molecule has 0 aliphatic rings. The Bertz CT molecular complexity index is 786. The Morgan fingerprint density at radius 1 is 0.600 bits per heavy atom. The minimum absolute atomic E-state index is 0.390. The molecule has 2 aromatic rings. The quantitative estimate of drug-likeness (QED) is 0.0886. The van der Waals surface area contributed by atoms with Crippen LogP contribution < -0.4 is 15.2 Å². The number of nitrogens with two attached hydrogens (primary N) is 1. The summed E-state index contributed by atoms with van der Waals surface area (Å²) in [4.78, 5) is 12.2. The van der Waals surface area contributed by atoms with Crippen molar-refractivity contribution in [3.8, 4) is 11.5 Å². The second-order valence-electron chi connectivity index (χ2n) is 9.63. The van der Waals surface area contributed by atoms with Gasteiger partial charge in [-0.05, 0) is 55.0 Å². The number of nitrogen functional groups attached to an aromatic ring is 1. The maximum absolute atomic E-state index is 12.2. The Labute approximate surface area is 213 Å². The molecular weight excluding hydrogens is 434 g/mol. The summed E-state index contributed by atoms with van der Waals surface area (Å²) in [5.74, 6) is 0.877. The smallest absolute Gasteiger partial charge is 0.343 e. The summed E-state index contributed by atoms with van der Waals surface area (Å²) < 4.78 is 11.2. The van der Waals surface area contributed by atoms with Gasteiger partial charge in [0.1, 0.15) is 11.5 Å². The molecule has 0 saturated carbocycles. The van der Waals surface area contributed by atoms with Crippen molar-refractivity contribution in [1.29, 1.82) is 0 Å². The van der Waals surface area contributed by atoms with Gasteiger partial charge in [0.15, 0.2) is 0 Å². The number of hydrogen-bond donors (Lipinski definition) is 1. The highest BCUT2D eigenvalue weighted by Crippen LogP contribution is 2.18. The zero-order valence-electron chi connectivity index (χ0n) is 21.9. The Balaban J connectivity index is 1.41. The third-order valence-corrected chi connectivity index (χ3v) is 6.45.